The number of hydrogen-bond acceptors (Lipinski definition) is 0. The predicted molar refractivity (Wildman–Crippen MR) is 91.9 cm³/mol. The molecule has 0 aliphatic heterocycles. The van der Waals surface area contributed by atoms with Crippen LogP contribution in [-0.2, 0) is 13.1 Å². The summed E-state index contributed by atoms with van der Waals surface area (Å²) in [6.45, 7) is 9.74. The van der Waals surface area contributed by atoms with Gasteiger partial charge in [-0.2, -0.15) is 0 Å². The molecule has 0 radical (unpaired) electrons. The first-order chi connectivity index (χ1) is 10.8. The molecule has 0 spiro atoms. The normalized spacial score (nSPS) is 9.91. The molecule has 122 valence electrons. The molecule has 0 fully saturated rings. The van der Waals surface area contributed by atoms with Crippen LogP contribution in [0.3, 0.4) is 0 Å². The molecular formula is C20H26BrN2+. The number of pyridine rings is 2. The Morgan fingerprint density at radius 1 is 0.652 bits per heavy atom. The maximum absolute atomic E-state index is 3.77. The average Bonchev–Trinajstić information content (AvgIpc) is 2.59. The van der Waals surface area contributed by atoms with Crippen molar-refractivity contribution in [1.82, 2.24) is 0 Å². The molecule has 3 heteroatoms. The molecule has 2 rings (SSSR count). The summed E-state index contributed by atoms with van der Waals surface area (Å²) in [6.07, 6.45) is 17.3. The number of unbranched alkanes of at least 4 members (excludes halogenated alkanes) is 3. The van der Waals surface area contributed by atoms with Crippen molar-refractivity contribution in [2.45, 2.75) is 38.8 Å². The second-order valence-electron chi connectivity index (χ2n) is 5.56. The van der Waals surface area contributed by atoms with Crippen LogP contribution >= 0.6 is 0 Å². The van der Waals surface area contributed by atoms with Crippen molar-refractivity contribution >= 4 is 12.2 Å². The Morgan fingerprint density at radius 3 is 1.30 bits per heavy atom. The lowest BCUT2D eigenvalue weighted by atomic mass is 10.2. The zero-order chi connectivity index (χ0) is 15.6. The third kappa shape index (κ3) is 6.91. The van der Waals surface area contributed by atoms with E-state index in [2.05, 4.69) is 71.3 Å². The van der Waals surface area contributed by atoms with Crippen LogP contribution in [-0.4, -0.2) is 0 Å². The molecule has 2 aromatic heterocycles. The van der Waals surface area contributed by atoms with E-state index in [0.29, 0.717) is 0 Å². The van der Waals surface area contributed by atoms with Crippen LogP contribution in [0.1, 0.15) is 36.8 Å². The molecule has 0 N–H and O–H groups in total. The molecule has 0 saturated carbocycles. The van der Waals surface area contributed by atoms with Gasteiger partial charge < -0.3 is 17.0 Å². The van der Waals surface area contributed by atoms with Crippen molar-refractivity contribution < 1.29 is 26.1 Å². The van der Waals surface area contributed by atoms with Gasteiger partial charge in [0.15, 0.2) is 24.8 Å². The van der Waals surface area contributed by atoms with Crippen LogP contribution < -0.4 is 26.1 Å². The second kappa shape index (κ2) is 10.9. The lowest BCUT2D eigenvalue weighted by Crippen LogP contribution is -3.00. The van der Waals surface area contributed by atoms with Crippen molar-refractivity contribution in [2.75, 3.05) is 0 Å². The number of halogens is 1. The molecule has 2 heterocycles. The molecule has 0 aromatic carbocycles. The third-order valence-electron chi connectivity index (χ3n) is 3.89. The Hall–Kier alpha value is -1.74. The van der Waals surface area contributed by atoms with Crippen LogP contribution in [0.5, 0.6) is 0 Å². The second-order valence-corrected chi connectivity index (χ2v) is 5.56. The molecular weight excluding hydrogens is 348 g/mol. The first-order valence-electron chi connectivity index (χ1n) is 8.05. The van der Waals surface area contributed by atoms with Crippen molar-refractivity contribution in [1.29, 1.82) is 0 Å². The van der Waals surface area contributed by atoms with E-state index in [1.54, 1.807) is 0 Å². The van der Waals surface area contributed by atoms with Gasteiger partial charge in [-0.15, -0.1) is 0 Å². The first-order valence-corrected chi connectivity index (χ1v) is 8.05. The Labute approximate surface area is 150 Å². The molecule has 2 aromatic rings. The minimum atomic E-state index is 0. The van der Waals surface area contributed by atoms with E-state index in [1.165, 1.54) is 36.8 Å². The fourth-order valence-corrected chi connectivity index (χ4v) is 2.45. The summed E-state index contributed by atoms with van der Waals surface area (Å²) in [5.74, 6) is 0. The molecule has 0 unspecified atom stereocenters. The molecule has 0 amide bonds. The lowest BCUT2D eigenvalue weighted by molar-refractivity contribution is -0.698. The Kier molecular flexibility index (Phi) is 9.15. The number of aryl methyl sites for hydroxylation is 2. The molecule has 23 heavy (non-hydrogen) atoms. The van der Waals surface area contributed by atoms with Crippen LogP contribution in [0.2, 0.25) is 0 Å². The van der Waals surface area contributed by atoms with Gasteiger partial charge in [0.1, 0.15) is 13.1 Å². The van der Waals surface area contributed by atoms with Gasteiger partial charge in [-0.25, -0.2) is 9.13 Å². The Bertz CT molecular complexity index is 533. The SMILES string of the molecule is C=Cc1cc[n+](CCCCCC[n+]2ccc(C=C)cc2)cc1.[Br-]. The van der Waals surface area contributed by atoms with Gasteiger partial charge in [0.2, 0.25) is 0 Å². The largest absolute Gasteiger partial charge is 1.00 e. The smallest absolute Gasteiger partial charge is 0.169 e. The highest BCUT2D eigenvalue weighted by Gasteiger charge is 2.02. The maximum Gasteiger partial charge on any atom is 0.169 e. The number of aromatic nitrogens is 2. The molecule has 2 nitrogen and oxygen atoms in total. The van der Waals surface area contributed by atoms with Crippen molar-refractivity contribution in [3.05, 3.63) is 73.3 Å². The summed E-state index contributed by atoms with van der Waals surface area (Å²) in [5.41, 5.74) is 2.35. The van der Waals surface area contributed by atoms with Crippen LogP contribution in [0.15, 0.2) is 62.2 Å². The highest BCUT2D eigenvalue weighted by atomic mass is 79.9. The van der Waals surface area contributed by atoms with Crippen LogP contribution in [0.4, 0.5) is 0 Å². The Morgan fingerprint density at radius 2 is 1.00 bits per heavy atom. The summed E-state index contributed by atoms with van der Waals surface area (Å²) in [7, 11) is 0. The summed E-state index contributed by atoms with van der Waals surface area (Å²) >= 11 is 0. The minimum Gasteiger partial charge on any atom is -1.00 e. The lowest BCUT2D eigenvalue weighted by Gasteiger charge is -2.00. The number of rotatable bonds is 9. The van der Waals surface area contributed by atoms with Gasteiger partial charge in [0, 0.05) is 37.1 Å². The van der Waals surface area contributed by atoms with E-state index < -0.39 is 0 Å². The zero-order valence-corrected chi connectivity index (χ0v) is 15.3. The highest BCUT2D eigenvalue weighted by Crippen LogP contribution is 2.02. The molecule has 0 aliphatic carbocycles. The standard InChI is InChI=1S/C20H26N2.BrH/c1-3-19-9-15-21(16-10-19)13-7-5-6-8-14-22-17-11-20(4-2)12-18-22;/h3-4,9-12,15-18H,1-2,5-8,13-14H2;1H/q+2;/p-1. The average molecular weight is 374 g/mol. The summed E-state index contributed by atoms with van der Waals surface area (Å²) in [4.78, 5) is 0. The van der Waals surface area contributed by atoms with Gasteiger partial charge in [-0.05, 0) is 24.0 Å². The van der Waals surface area contributed by atoms with E-state index in [1.807, 2.05) is 12.2 Å². The van der Waals surface area contributed by atoms with E-state index in [-0.39, 0.29) is 17.0 Å². The topological polar surface area (TPSA) is 7.76 Å². The van der Waals surface area contributed by atoms with E-state index in [9.17, 15) is 0 Å². The van der Waals surface area contributed by atoms with Crippen molar-refractivity contribution in [2.24, 2.45) is 0 Å². The van der Waals surface area contributed by atoms with Gasteiger partial charge in [-0.3, -0.25) is 0 Å². The van der Waals surface area contributed by atoms with Gasteiger partial charge in [-0.1, -0.05) is 25.3 Å². The number of hydrogen-bond donors (Lipinski definition) is 0. The van der Waals surface area contributed by atoms with E-state index >= 15 is 0 Å². The molecule has 0 bridgehead atoms. The third-order valence-corrected chi connectivity index (χ3v) is 3.89. The number of nitrogens with zero attached hydrogens (tertiary/aromatic N) is 2. The summed E-state index contributed by atoms with van der Waals surface area (Å²) in [6, 6.07) is 8.43. The molecule has 0 aliphatic rings. The van der Waals surface area contributed by atoms with E-state index in [0.717, 1.165) is 13.1 Å². The van der Waals surface area contributed by atoms with Gasteiger partial charge >= 0.3 is 0 Å². The van der Waals surface area contributed by atoms with Gasteiger partial charge in [0.25, 0.3) is 0 Å². The maximum atomic E-state index is 3.77. The van der Waals surface area contributed by atoms with Crippen LogP contribution in [0, 0.1) is 0 Å². The fourth-order valence-electron chi connectivity index (χ4n) is 2.45. The highest BCUT2D eigenvalue weighted by molar-refractivity contribution is 5.44. The quantitative estimate of drug-likeness (QED) is 0.454. The van der Waals surface area contributed by atoms with Crippen LogP contribution in [0.25, 0.3) is 12.2 Å². The Balaban J connectivity index is 0.00000264. The predicted octanol–water partition coefficient (Wildman–Crippen LogP) is 0.812. The summed E-state index contributed by atoms with van der Waals surface area (Å²) < 4.78 is 4.49. The molecule has 0 atom stereocenters. The first kappa shape index (κ1) is 19.3. The summed E-state index contributed by atoms with van der Waals surface area (Å²) in [5, 5.41) is 0. The van der Waals surface area contributed by atoms with Crippen molar-refractivity contribution in [3.63, 3.8) is 0 Å². The minimum absolute atomic E-state index is 0. The van der Waals surface area contributed by atoms with E-state index in [4.69, 9.17) is 0 Å². The molecule has 0 saturated heterocycles. The fraction of sp³-hybridized carbons (Fsp3) is 0.300. The zero-order valence-electron chi connectivity index (χ0n) is 13.7. The monoisotopic (exact) mass is 373 g/mol. The van der Waals surface area contributed by atoms with Gasteiger partial charge in [0.05, 0.1) is 0 Å². The van der Waals surface area contributed by atoms with Crippen molar-refractivity contribution in [3.8, 4) is 0 Å².